The largest absolute Gasteiger partial charge is 0.351 e. The molecule has 1 fully saturated rings. The van der Waals surface area contributed by atoms with E-state index in [0.29, 0.717) is 6.04 Å². The van der Waals surface area contributed by atoms with E-state index in [4.69, 9.17) is 5.73 Å². The monoisotopic (exact) mass is 251 g/mol. The molecule has 2 rings (SSSR count). The number of aromatic nitrogens is 2. The van der Waals surface area contributed by atoms with Gasteiger partial charge in [-0.3, -0.25) is 4.68 Å². The van der Waals surface area contributed by atoms with E-state index < -0.39 is 0 Å². The van der Waals surface area contributed by atoms with Crippen LogP contribution in [-0.2, 0) is 13.5 Å². The smallest absolute Gasteiger partial charge is 0.315 e. The predicted octanol–water partition coefficient (Wildman–Crippen LogP) is 0.0458. The van der Waals surface area contributed by atoms with Crippen molar-refractivity contribution in [2.45, 2.75) is 24.9 Å². The van der Waals surface area contributed by atoms with Crippen molar-refractivity contribution in [2.75, 3.05) is 20.6 Å². The van der Waals surface area contributed by atoms with E-state index in [9.17, 15) is 4.79 Å². The van der Waals surface area contributed by atoms with Crippen molar-refractivity contribution in [3.8, 4) is 0 Å². The van der Waals surface area contributed by atoms with Crippen LogP contribution in [0.4, 0.5) is 4.79 Å². The summed E-state index contributed by atoms with van der Waals surface area (Å²) in [6.07, 6.45) is 5.62. The van der Waals surface area contributed by atoms with E-state index in [1.54, 1.807) is 9.58 Å². The molecule has 0 bridgehead atoms. The second-order valence-electron chi connectivity index (χ2n) is 5.14. The van der Waals surface area contributed by atoms with E-state index in [1.165, 1.54) is 0 Å². The first kappa shape index (κ1) is 12.9. The molecule has 0 aromatic carbocycles. The van der Waals surface area contributed by atoms with Gasteiger partial charge in [-0.1, -0.05) is 0 Å². The van der Waals surface area contributed by atoms with Crippen LogP contribution in [0.25, 0.3) is 0 Å². The Morgan fingerprint density at radius 3 is 2.83 bits per heavy atom. The summed E-state index contributed by atoms with van der Waals surface area (Å²) in [5.41, 5.74) is 6.60. The fraction of sp³-hybridized carbons (Fsp3) is 0.667. The maximum absolute atomic E-state index is 11.5. The van der Waals surface area contributed by atoms with Crippen molar-refractivity contribution in [3.05, 3.63) is 18.0 Å². The third-order valence-electron chi connectivity index (χ3n) is 3.66. The Kier molecular flexibility index (Phi) is 3.56. The zero-order chi connectivity index (χ0) is 13.3. The third kappa shape index (κ3) is 2.48. The zero-order valence-electron chi connectivity index (χ0n) is 11.2. The van der Waals surface area contributed by atoms with Crippen molar-refractivity contribution in [1.82, 2.24) is 19.6 Å². The van der Waals surface area contributed by atoms with Gasteiger partial charge in [-0.2, -0.15) is 5.10 Å². The summed E-state index contributed by atoms with van der Waals surface area (Å²) < 4.78 is 1.78. The Hall–Kier alpha value is -1.56. The van der Waals surface area contributed by atoms with E-state index in [0.717, 1.165) is 24.9 Å². The fourth-order valence-corrected chi connectivity index (χ4v) is 2.78. The molecule has 18 heavy (non-hydrogen) atoms. The fourth-order valence-electron chi connectivity index (χ4n) is 2.78. The first-order valence-electron chi connectivity index (χ1n) is 6.19. The van der Waals surface area contributed by atoms with Crippen LogP contribution >= 0.6 is 0 Å². The van der Waals surface area contributed by atoms with Crippen molar-refractivity contribution >= 4 is 6.03 Å². The number of likely N-dealkylation sites (N-methyl/N-ethyl adjacent to an activating group) is 1. The Balaban J connectivity index is 2.16. The molecular formula is C12H21N5O. The lowest BCUT2D eigenvalue weighted by atomic mass is 10.0. The summed E-state index contributed by atoms with van der Waals surface area (Å²) in [6, 6.07) is 0.174. The maximum atomic E-state index is 11.5. The van der Waals surface area contributed by atoms with Gasteiger partial charge in [0.2, 0.25) is 0 Å². The number of rotatable bonds is 3. The SMILES string of the molecule is CN(C)[C@@H]1CCN(C(N)=O)[C@H]1Cc1cnn(C)c1. The molecule has 2 heterocycles. The average molecular weight is 251 g/mol. The Morgan fingerprint density at radius 1 is 1.61 bits per heavy atom. The molecule has 6 heteroatoms. The minimum Gasteiger partial charge on any atom is -0.351 e. The predicted molar refractivity (Wildman–Crippen MR) is 69.1 cm³/mol. The van der Waals surface area contributed by atoms with E-state index >= 15 is 0 Å². The van der Waals surface area contributed by atoms with Crippen molar-refractivity contribution in [2.24, 2.45) is 12.8 Å². The highest BCUT2D eigenvalue weighted by atomic mass is 16.2. The van der Waals surface area contributed by atoms with Crippen molar-refractivity contribution in [3.63, 3.8) is 0 Å². The number of aryl methyl sites for hydroxylation is 1. The number of urea groups is 1. The number of likely N-dealkylation sites (tertiary alicyclic amines) is 1. The van der Waals surface area contributed by atoms with Gasteiger partial charge in [-0.25, -0.2) is 4.79 Å². The number of primary amides is 1. The van der Waals surface area contributed by atoms with Crippen LogP contribution < -0.4 is 5.73 Å². The maximum Gasteiger partial charge on any atom is 0.315 e. The molecule has 2 N–H and O–H groups in total. The minimum atomic E-state index is -0.326. The number of carbonyl (C=O) groups is 1. The standard InChI is InChI=1S/C12H21N5O/c1-15(2)10-4-5-17(12(13)18)11(10)6-9-7-14-16(3)8-9/h7-8,10-11H,4-6H2,1-3H3,(H2,13,18)/t10-,11+/m1/s1. The van der Waals surface area contributed by atoms with Crippen molar-refractivity contribution in [1.29, 1.82) is 0 Å². The average Bonchev–Trinajstić information content (AvgIpc) is 2.85. The van der Waals surface area contributed by atoms with Gasteiger partial charge in [0, 0.05) is 25.8 Å². The Bertz CT molecular complexity index is 428. The molecule has 0 saturated carbocycles. The van der Waals surface area contributed by atoms with Crippen LogP contribution in [0, 0.1) is 0 Å². The molecule has 1 saturated heterocycles. The molecule has 100 valence electrons. The summed E-state index contributed by atoms with van der Waals surface area (Å²) in [6.45, 7) is 0.739. The Labute approximate surface area is 107 Å². The summed E-state index contributed by atoms with van der Waals surface area (Å²) >= 11 is 0. The van der Waals surface area contributed by atoms with Crippen LogP contribution in [0.2, 0.25) is 0 Å². The second-order valence-corrected chi connectivity index (χ2v) is 5.14. The lowest BCUT2D eigenvalue weighted by Gasteiger charge is -2.30. The second kappa shape index (κ2) is 4.97. The normalized spacial score (nSPS) is 23.9. The zero-order valence-corrected chi connectivity index (χ0v) is 11.2. The van der Waals surface area contributed by atoms with Crippen molar-refractivity contribution < 1.29 is 4.79 Å². The van der Waals surface area contributed by atoms with Crippen LogP contribution in [-0.4, -0.2) is 58.3 Å². The minimum absolute atomic E-state index is 0.140. The number of hydrogen-bond donors (Lipinski definition) is 1. The van der Waals surface area contributed by atoms with E-state index in [1.807, 2.05) is 33.5 Å². The molecule has 0 aliphatic carbocycles. The van der Waals surface area contributed by atoms with Gasteiger partial charge in [0.25, 0.3) is 0 Å². The topological polar surface area (TPSA) is 67.4 Å². The first-order valence-corrected chi connectivity index (χ1v) is 6.19. The summed E-state index contributed by atoms with van der Waals surface area (Å²) in [5.74, 6) is 0. The third-order valence-corrected chi connectivity index (χ3v) is 3.66. The number of hydrogen-bond acceptors (Lipinski definition) is 3. The molecule has 1 aliphatic heterocycles. The molecule has 2 amide bonds. The molecule has 2 atom stereocenters. The van der Waals surface area contributed by atoms with Gasteiger partial charge in [0.05, 0.1) is 12.2 Å². The van der Waals surface area contributed by atoms with Gasteiger partial charge in [-0.05, 0) is 32.5 Å². The molecule has 1 aromatic rings. The van der Waals surface area contributed by atoms with Crippen LogP contribution in [0.1, 0.15) is 12.0 Å². The molecule has 0 spiro atoms. The highest BCUT2D eigenvalue weighted by Crippen LogP contribution is 2.24. The number of carbonyl (C=O) groups excluding carboxylic acids is 1. The van der Waals surface area contributed by atoms with E-state index in [2.05, 4.69) is 10.00 Å². The summed E-state index contributed by atoms with van der Waals surface area (Å²) in [4.78, 5) is 15.4. The highest BCUT2D eigenvalue weighted by molar-refractivity contribution is 5.73. The lowest BCUT2D eigenvalue weighted by molar-refractivity contribution is 0.179. The van der Waals surface area contributed by atoms with Gasteiger partial charge in [-0.15, -0.1) is 0 Å². The molecule has 6 nitrogen and oxygen atoms in total. The summed E-state index contributed by atoms with van der Waals surface area (Å²) in [7, 11) is 5.99. The van der Waals surface area contributed by atoms with Crippen LogP contribution in [0.3, 0.4) is 0 Å². The molecule has 1 aliphatic rings. The Morgan fingerprint density at radius 2 is 2.33 bits per heavy atom. The van der Waals surface area contributed by atoms with Gasteiger partial charge in [0.1, 0.15) is 0 Å². The van der Waals surface area contributed by atoms with E-state index in [-0.39, 0.29) is 12.1 Å². The first-order chi connectivity index (χ1) is 8.49. The number of nitrogens with two attached hydrogens (primary N) is 1. The quantitative estimate of drug-likeness (QED) is 0.825. The highest BCUT2D eigenvalue weighted by Gasteiger charge is 2.37. The number of amides is 2. The van der Waals surface area contributed by atoms with Gasteiger partial charge < -0.3 is 15.5 Å². The lowest BCUT2D eigenvalue weighted by Crippen LogP contribution is -2.47. The molecule has 0 unspecified atom stereocenters. The van der Waals surface area contributed by atoms with Crippen LogP contribution in [0.5, 0.6) is 0 Å². The van der Waals surface area contributed by atoms with Gasteiger partial charge in [0.15, 0.2) is 0 Å². The van der Waals surface area contributed by atoms with Crippen LogP contribution in [0.15, 0.2) is 12.4 Å². The molecule has 0 radical (unpaired) electrons. The summed E-state index contributed by atoms with van der Waals surface area (Å²) in [5, 5.41) is 4.17. The molecule has 1 aromatic heterocycles. The molecular weight excluding hydrogens is 230 g/mol. The number of nitrogens with zero attached hydrogens (tertiary/aromatic N) is 4. The van der Waals surface area contributed by atoms with Gasteiger partial charge >= 0.3 is 6.03 Å².